The van der Waals surface area contributed by atoms with E-state index in [1.54, 1.807) is 6.26 Å². The van der Waals surface area contributed by atoms with Crippen molar-refractivity contribution >= 4 is 22.9 Å². The molecule has 1 saturated carbocycles. The maximum Gasteiger partial charge on any atom is 0.271 e. The number of piperidine rings is 1. The van der Waals surface area contributed by atoms with Gasteiger partial charge in [-0.05, 0) is 77.4 Å². The van der Waals surface area contributed by atoms with Crippen LogP contribution in [-0.2, 0) is 11.3 Å². The van der Waals surface area contributed by atoms with Gasteiger partial charge in [-0.1, -0.05) is 13.3 Å². The van der Waals surface area contributed by atoms with E-state index in [1.807, 2.05) is 28.5 Å². The summed E-state index contributed by atoms with van der Waals surface area (Å²) in [5, 5.41) is 3.32. The molecule has 2 aromatic rings. The highest BCUT2D eigenvalue weighted by Gasteiger charge is 2.48. The van der Waals surface area contributed by atoms with Crippen LogP contribution in [0, 0.1) is 5.92 Å². The van der Waals surface area contributed by atoms with Crippen LogP contribution in [0.1, 0.15) is 75.7 Å². The Morgan fingerprint density at radius 1 is 1.15 bits per heavy atom. The van der Waals surface area contributed by atoms with Crippen molar-refractivity contribution in [1.29, 1.82) is 0 Å². The van der Waals surface area contributed by atoms with E-state index in [0.717, 1.165) is 63.2 Å². The number of furan rings is 1. The molecule has 1 N–H and O–H groups in total. The zero-order valence-electron chi connectivity index (χ0n) is 20.1. The second-order valence-electron chi connectivity index (χ2n) is 10.7. The highest BCUT2D eigenvalue weighted by atomic mass is 16.3. The lowest BCUT2D eigenvalue weighted by atomic mass is 9.86. The fourth-order valence-electron chi connectivity index (χ4n) is 6.00. The molecule has 0 aromatic carbocycles. The summed E-state index contributed by atoms with van der Waals surface area (Å²) in [5.41, 5.74) is 1.30. The van der Waals surface area contributed by atoms with Crippen LogP contribution < -0.4 is 5.32 Å². The molecule has 33 heavy (non-hydrogen) atoms. The molecule has 180 valence electrons. The number of nitrogens with one attached hydrogen (secondary N) is 1. The SMILES string of the molecule is CC1CCC(NC(=O)[C@]2(C)Cn3c(cc4occc43)C(=O)N2CCCN2CCCCC2)CC1. The number of hydrogen-bond acceptors (Lipinski definition) is 4. The van der Waals surface area contributed by atoms with Gasteiger partial charge in [0, 0.05) is 24.7 Å². The van der Waals surface area contributed by atoms with Crippen molar-refractivity contribution in [2.75, 3.05) is 26.2 Å². The summed E-state index contributed by atoms with van der Waals surface area (Å²) in [7, 11) is 0. The number of nitrogens with zero attached hydrogens (tertiary/aromatic N) is 3. The minimum atomic E-state index is -0.918. The number of likely N-dealkylation sites (tertiary alicyclic amines) is 1. The highest BCUT2D eigenvalue weighted by molar-refractivity contribution is 6.02. The predicted octanol–water partition coefficient (Wildman–Crippen LogP) is 4.02. The van der Waals surface area contributed by atoms with Gasteiger partial charge in [0.15, 0.2) is 5.58 Å². The highest BCUT2D eigenvalue weighted by Crippen LogP contribution is 2.33. The molecule has 0 bridgehead atoms. The molecule has 0 spiro atoms. The van der Waals surface area contributed by atoms with Crippen molar-refractivity contribution in [2.45, 2.75) is 83.3 Å². The Labute approximate surface area is 196 Å². The second-order valence-corrected chi connectivity index (χ2v) is 10.7. The molecule has 1 aliphatic carbocycles. The summed E-state index contributed by atoms with van der Waals surface area (Å²) in [6.45, 7) is 8.54. The molecule has 4 heterocycles. The Morgan fingerprint density at radius 3 is 2.67 bits per heavy atom. The molecule has 2 fully saturated rings. The lowest BCUT2D eigenvalue weighted by molar-refractivity contribution is -0.133. The van der Waals surface area contributed by atoms with Crippen LogP contribution in [0.3, 0.4) is 0 Å². The maximum atomic E-state index is 13.7. The van der Waals surface area contributed by atoms with E-state index in [9.17, 15) is 9.59 Å². The van der Waals surface area contributed by atoms with Gasteiger partial charge in [0.2, 0.25) is 5.91 Å². The lowest BCUT2D eigenvalue weighted by Crippen LogP contribution is -2.65. The van der Waals surface area contributed by atoms with Crippen molar-refractivity contribution in [2.24, 2.45) is 5.92 Å². The van der Waals surface area contributed by atoms with Crippen molar-refractivity contribution in [3.63, 3.8) is 0 Å². The van der Waals surface area contributed by atoms with Gasteiger partial charge >= 0.3 is 0 Å². The van der Waals surface area contributed by atoms with E-state index in [4.69, 9.17) is 4.42 Å². The van der Waals surface area contributed by atoms with E-state index in [-0.39, 0.29) is 17.9 Å². The zero-order valence-corrected chi connectivity index (χ0v) is 20.1. The van der Waals surface area contributed by atoms with Gasteiger partial charge in [0.1, 0.15) is 11.2 Å². The topological polar surface area (TPSA) is 70.7 Å². The zero-order chi connectivity index (χ0) is 23.0. The van der Waals surface area contributed by atoms with Crippen LogP contribution in [-0.4, -0.2) is 63.9 Å². The average molecular weight is 455 g/mol. The number of amides is 2. The molecule has 5 rings (SSSR count). The number of aromatic nitrogens is 1. The second kappa shape index (κ2) is 9.16. The Balaban J connectivity index is 1.37. The molecule has 2 aliphatic heterocycles. The Hall–Kier alpha value is -2.28. The third-order valence-corrected chi connectivity index (χ3v) is 8.19. The summed E-state index contributed by atoms with van der Waals surface area (Å²) in [4.78, 5) is 31.8. The molecule has 3 aliphatic rings. The fraction of sp³-hybridized carbons (Fsp3) is 0.692. The molecule has 7 heteroatoms. The van der Waals surface area contributed by atoms with Crippen LogP contribution in [0.4, 0.5) is 0 Å². The van der Waals surface area contributed by atoms with Gasteiger partial charge in [-0.25, -0.2) is 0 Å². The summed E-state index contributed by atoms with van der Waals surface area (Å²) in [6, 6.07) is 3.92. The van der Waals surface area contributed by atoms with E-state index in [1.165, 1.54) is 19.3 Å². The molecule has 0 unspecified atom stereocenters. The first-order valence-corrected chi connectivity index (χ1v) is 12.9. The van der Waals surface area contributed by atoms with Crippen LogP contribution in [0.15, 0.2) is 22.8 Å². The molecule has 0 radical (unpaired) electrons. The lowest BCUT2D eigenvalue weighted by Gasteiger charge is -2.45. The van der Waals surface area contributed by atoms with E-state index in [2.05, 4.69) is 17.1 Å². The first kappa shape index (κ1) is 22.5. The molecular weight excluding hydrogens is 416 g/mol. The van der Waals surface area contributed by atoms with Gasteiger partial charge in [0.05, 0.1) is 18.3 Å². The standard InChI is InChI=1S/C26H38N4O3/c1-19-7-9-20(10-8-19)27-25(32)26(2)18-29-21-11-16-33-23(21)17-22(29)24(31)30(26)15-6-14-28-12-4-3-5-13-28/h11,16-17,19-20H,3-10,12-15,18H2,1-2H3,(H,27,32)/t19?,20?,26-/m0/s1. The van der Waals surface area contributed by atoms with E-state index in [0.29, 0.717) is 24.4 Å². The molecule has 1 atom stereocenters. The van der Waals surface area contributed by atoms with Crippen molar-refractivity contribution in [3.05, 3.63) is 24.1 Å². The Morgan fingerprint density at radius 2 is 1.91 bits per heavy atom. The maximum absolute atomic E-state index is 13.7. The molecule has 2 aromatic heterocycles. The number of fused-ring (bicyclic) bond motifs is 3. The van der Waals surface area contributed by atoms with E-state index >= 15 is 0 Å². The quantitative estimate of drug-likeness (QED) is 0.716. The van der Waals surface area contributed by atoms with Gasteiger partial charge in [0.25, 0.3) is 5.91 Å². The largest absolute Gasteiger partial charge is 0.463 e. The van der Waals surface area contributed by atoms with Gasteiger partial charge in [-0.3, -0.25) is 9.59 Å². The smallest absolute Gasteiger partial charge is 0.271 e. The molecule has 2 amide bonds. The first-order valence-electron chi connectivity index (χ1n) is 12.9. The van der Waals surface area contributed by atoms with Crippen molar-refractivity contribution in [1.82, 2.24) is 19.7 Å². The van der Waals surface area contributed by atoms with E-state index < -0.39 is 5.54 Å². The van der Waals surface area contributed by atoms with Crippen molar-refractivity contribution < 1.29 is 14.0 Å². The minimum absolute atomic E-state index is 0.0237. The summed E-state index contributed by atoms with van der Waals surface area (Å²) in [5.74, 6) is 0.638. The molecule has 1 saturated heterocycles. The Bertz CT molecular complexity index is 997. The van der Waals surface area contributed by atoms with Crippen LogP contribution in [0.25, 0.3) is 11.1 Å². The van der Waals surface area contributed by atoms with Crippen LogP contribution in [0.5, 0.6) is 0 Å². The third kappa shape index (κ3) is 4.32. The number of rotatable bonds is 6. The van der Waals surface area contributed by atoms with Gasteiger partial charge in [-0.15, -0.1) is 0 Å². The summed E-state index contributed by atoms with van der Waals surface area (Å²) in [6.07, 6.45) is 10.7. The van der Waals surface area contributed by atoms with Crippen LogP contribution >= 0.6 is 0 Å². The van der Waals surface area contributed by atoms with Gasteiger partial charge in [-0.2, -0.15) is 0 Å². The monoisotopic (exact) mass is 454 g/mol. The number of carbonyl (C=O) groups excluding carboxylic acids is 2. The Kier molecular flexibility index (Phi) is 6.25. The summed E-state index contributed by atoms with van der Waals surface area (Å²) < 4.78 is 7.55. The third-order valence-electron chi connectivity index (χ3n) is 8.19. The first-order chi connectivity index (χ1) is 16.0. The minimum Gasteiger partial charge on any atom is -0.463 e. The number of carbonyl (C=O) groups is 2. The van der Waals surface area contributed by atoms with Crippen LogP contribution in [0.2, 0.25) is 0 Å². The normalized spacial score (nSPS) is 28.8. The molecule has 7 nitrogen and oxygen atoms in total. The van der Waals surface area contributed by atoms with Crippen molar-refractivity contribution in [3.8, 4) is 0 Å². The number of hydrogen-bond donors (Lipinski definition) is 1. The average Bonchev–Trinajstić information content (AvgIpc) is 3.41. The predicted molar refractivity (Wildman–Crippen MR) is 128 cm³/mol. The van der Waals surface area contributed by atoms with Gasteiger partial charge < -0.3 is 24.1 Å². The molecular formula is C26H38N4O3. The summed E-state index contributed by atoms with van der Waals surface area (Å²) >= 11 is 0. The fourth-order valence-corrected chi connectivity index (χ4v) is 6.00.